The first-order chi connectivity index (χ1) is 10.2. The molecule has 3 fully saturated rings. The maximum Gasteiger partial charge on any atom is 0.0951 e. The van der Waals surface area contributed by atoms with Crippen LogP contribution in [0.25, 0.3) is 0 Å². The van der Waals surface area contributed by atoms with E-state index in [1.54, 1.807) is 0 Å². The molecule has 1 N–H and O–H groups in total. The highest BCUT2D eigenvalue weighted by Crippen LogP contribution is 2.36. The predicted molar refractivity (Wildman–Crippen MR) is 84.6 cm³/mol. The third-order valence-electron chi connectivity index (χ3n) is 5.86. The second-order valence-electron chi connectivity index (χ2n) is 7.20. The molecule has 0 aromatic carbocycles. The van der Waals surface area contributed by atoms with E-state index >= 15 is 0 Å². The van der Waals surface area contributed by atoms with E-state index in [1.165, 1.54) is 38.8 Å². The standard InChI is InChI=1S/C17H32N2O2/c1-3-18-14(2)15-4-8-19(9-5-15)16-6-10-21-17(12-16)7-11-20-13-17/h14-16,18H,3-13H2,1-2H3. The zero-order valence-electron chi connectivity index (χ0n) is 13.8. The van der Waals surface area contributed by atoms with Crippen LogP contribution in [0.1, 0.15) is 46.0 Å². The summed E-state index contributed by atoms with van der Waals surface area (Å²) in [6.07, 6.45) is 6.16. The van der Waals surface area contributed by atoms with Gasteiger partial charge in [0.05, 0.1) is 12.2 Å². The molecule has 1 spiro atoms. The number of nitrogens with one attached hydrogen (secondary N) is 1. The van der Waals surface area contributed by atoms with Gasteiger partial charge in [-0.05, 0) is 58.2 Å². The summed E-state index contributed by atoms with van der Waals surface area (Å²) in [5.74, 6) is 0.852. The van der Waals surface area contributed by atoms with Crippen molar-refractivity contribution in [2.45, 2.75) is 63.6 Å². The van der Waals surface area contributed by atoms with Gasteiger partial charge in [0.25, 0.3) is 0 Å². The summed E-state index contributed by atoms with van der Waals surface area (Å²) in [5.41, 5.74) is 0.0524. The van der Waals surface area contributed by atoms with Gasteiger partial charge in [-0.1, -0.05) is 6.92 Å². The molecule has 3 saturated heterocycles. The average molecular weight is 296 g/mol. The van der Waals surface area contributed by atoms with Gasteiger partial charge in [0.2, 0.25) is 0 Å². The van der Waals surface area contributed by atoms with Crippen LogP contribution >= 0.6 is 0 Å². The maximum atomic E-state index is 6.08. The van der Waals surface area contributed by atoms with Crippen molar-refractivity contribution >= 4 is 0 Å². The fourth-order valence-electron chi connectivity index (χ4n) is 4.45. The highest BCUT2D eigenvalue weighted by atomic mass is 16.6. The monoisotopic (exact) mass is 296 g/mol. The van der Waals surface area contributed by atoms with Crippen molar-refractivity contribution in [3.8, 4) is 0 Å². The molecule has 0 bridgehead atoms. The van der Waals surface area contributed by atoms with Crippen LogP contribution in [-0.4, -0.2) is 62.0 Å². The van der Waals surface area contributed by atoms with Gasteiger partial charge < -0.3 is 19.7 Å². The highest BCUT2D eigenvalue weighted by molar-refractivity contribution is 4.94. The van der Waals surface area contributed by atoms with Crippen molar-refractivity contribution in [2.75, 3.05) is 39.5 Å². The van der Waals surface area contributed by atoms with Gasteiger partial charge in [-0.15, -0.1) is 0 Å². The molecule has 122 valence electrons. The number of likely N-dealkylation sites (tertiary alicyclic amines) is 1. The quantitative estimate of drug-likeness (QED) is 0.861. The topological polar surface area (TPSA) is 33.7 Å². The minimum Gasteiger partial charge on any atom is -0.378 e. The molecule has 3 aliphatic heterocycles. The Labute approximate surface area is 129 Å². The predicted octanol–water partition coefficient (Wildman–Crippen LogP) is 2.03. The van der Waals surface area contributed by atoms with Gasteiger partial charge in [0.1, 0.15) is 0 Å². The van der Waals surface area contributed by atoms with Gasteiger partial charge in [-0.2, -0.15) is 0 Å². The second kappa shape index (κ2) is 6.95. The Morgan fingerprint density at radius 3 is 2.71 bits per heavy atom. The Morgan fingerprint density at radius 2 is 2.05 bits per heavy atom. The second-order valence-corrected chi connectivity index (χ2v) is 7.20. The highest BCUT2D eigenvalue weighted by Gasteiger charge is 2.43. The van der Waals surface area contributed by atoms with Crippen LogP contribution in [-0.2, 0) is 9.47 Å². The summed E-state index contributed by atoms with van der Waals surface area (Å²) in [6, 6.07) is 1.39. The minimum absolute atomic E-state index is 0.0524. The molecule has 0 saturated carbocycles. The Kier molecular flexibility index (Phi) is 5.20. The molecule has 0 amide bonds. The van der Waals surface area contributed by atoms with Crippen molar-refractivity contribution < 1.29 is 9.47 Å². The van der Waals surface area contributed by atoms with Crippen LogP contribution in [0.3, 0.4) is 0 Å². The van der Waals surface area contributed by atoms with E-state index in [4.69, 9.17) is 9.47 Å². The van der Waals surface area contributed by atoms with Crippen molar-refractivity contribution in [1.82, 2.24) is 10.2 Å². The summed E-state index contributed by atoms with van der Waals surface area (Å²) in [7, 11) is 0. The van der Waals surface area contributed by atoms with Gasteiger partial charge >= 0.3 is 0 Å². The average Bonchev–Trinajstić information content (AvgIpc) is 2.95. The van der Waals surface area contributed by atoms with E-state index < -0.39 is 0 Å². The normalized spacial score (nSPS) is 37.1. The maximum absolute atomic E-state index is 6.08. The summed E-state index contributed by atoms with van der Waals surface area (Å²) in [6.45, 7) is 10.8. The van der Waals surface area contributed by atoms with E-state index in [0.29, 0.717) is 6.04 Å². The van der Waals surface area contributed by atoms with Crippen LogP contribution in [0.5, 0.6) is 0 Å². The molecular formula is C17H32N2O2. The van der Waals surface area contributed by atoms with Crippen LogP contribution in [0, 0.1) is 5.92 Å². The lowest BCUT2D eigenvalue weighted by atomic mass is 9.85. The van der Waals surface area contributed by atoms with Crippen molar-refractivity contribution in [1.29, 1.82) is 0 Å². The van der Waals surface area contributed by atoms with Crippen LogP contribution in [0.2, 0.25) is 0 Å². The first-order valence-electron chi connectivity index (χ1n) is 8.91. The minimum atomic E-state index is 0.0524. The molecule has 3 heterocycles. The molecule has 0 aliphatic carbocycles. The number of hydrogen-bond donors (Lipinski definition) is 1. The van der Waals surface area contributed by atoms with Gasteiger partial charge in [0.15, 0.2) is 0 Å². The number of rotatable bonds is 4. The smallest absolute Gasteiger partial charge is 0.0951 e. The molecule has 21 heavy (non-hydrogen) atoms. The Bertz CT molecular complexity index is 323. The molecule has 4 heteroatoms. The zero-order valence-corrected chi connectivity index (χ0v) is 13.8. The van der Waals surface area contributed by atoms with Gasteiger partial charge in [0, 0.05) is 31.7 Å². The number of piperidine rings is 1. The SMILES string of the molecule is CCNC(C)C1CCN(C2CCOC3(CCOC3)C2)CC1. The van der Waals surface area contributed by atoms with Gasteiger partial charge in [-0.3, -0.25) is 0 Å². The third-order valence-corrected chi connectivity index (χ3v) is 5.86. The number of nitrogens with zero attached hydrogens (tertiary/aromatic N) is 1. The molecule has 3 unspecified atom stereocenters. The van der Waals surface area contributed by atoms with E-state index in [1.807, 2.05) is 0 Å². The van der Waals surface area contributed by atoms with Crippen LogP contribution in [0.15, 0.2) is 0 Å². The number of ether oxygens (including phenoxy) is 2. The lowest BCUT2D eigenvalue weighted by Crippen LogP contribution is -2.52. The van der Waals surface area contributed by atoms with Gasteiger partial charge in [-0.25, -0.2) is 0 Å². The molecule has 0 aromatic heterocycles. The lowest BCUT2D eigenvalue weighted by molar-refractivity contribution is -0.109. The number of hydrogen-bond acceptors (Lipinski definition) is 4. The fourth-order valence-corrected chi connectivity index (χ4v) is 4.45. The largest absolute Gasteiger partial charge is 0.378 e. The zero-order chi connectivity index (χ0) is 14.7. The lowest BCUT2D eigenvalue weighted by Gasteiger charge is -2.45. The summed E-state index contributed by atoms with van der Waals surface area (Å²) in [4.78, 5) is 2.73. The van der Waals surface area contributed by atoms with Crippen LogP contribution < -0.4 is 5.32 Å². The van der Waals surface area contributed by atoms with E-state index in [2.05, 4.69) is 24.1 Å². The summed E-state index contributed by atoms with van der Waals surface area (Å²) < 4.78 is 11.7. The van der Waals surface area contributed by atoms with Crippen molar-refractivity contribution in [2.24, 2.45) is 5.92 Å². The van der Waals surface area contributed by atoms with Crippen molar-refractivity contribution in [3.63, 3.8) is 0 Å². The molecule has 0 radical (unpaired) electrons. The van der Waals surface area contributed by atoms with Crippen LogP contribution in [0.4, 0.5) is 0 Å². The van der Waals surface area contributed by atoms with Crippen molar-refractivity contribution in [3.05, 3.63) is 0 Å². The van der Waals surface area contributed by atoms with E-state index in [0.717, 1.165) is 44.7 Å². The molecule has 3 aliphatic rings. The molecular weight excluding hydrogens is 264 g/mol. The third kappa shape index (κ3) is 3.61. The fraction of sp³-hybridized carbons (Fsp3) is 1.00. The Hall–Kier alpha value is -0.160. The first kappa shape index (κ1) is 15.7. The van der Waals surface area contributed by atoms with E-state index in [-0.39, 0.29) is 5.60 Å². The Balaban J connectivity index is 1.50. The molecule has 4 nitrogen and oxygen atoms in total. The molecule has 3 rings (SSSR count). The molecule has 3 atom stereocenters. The Morgan fingerprint density at radius 1 is 1.24 bits per heavy atom. The summed E-state index contributed by atoms with van der Waals surface area (Å²) >= 11 is 0. The van der Waals surface area contributed by atoms with E-state index in [9.17, 15) is 0 Å². The first-order valence-corrected chi connectivity index (χ1v) is 8.91. The molecule has 0 aromatic rings. The summed E-state index contributed by atoms with van der Waals surface area (Å²) in [5, 5.41) is 3.59.